The zero-order valence-corrected chi connectivity index (χ0v) is 15.4. The van der Waals surface area contributed by atoms with E-state index in [1.165, 1.54) is 12.8 Å². The molecule has 24 heavy (non-hydrogen) atoms. The van der Waals surface area contributed by atoms with Gasteiger partial charge in [-0.1, -0.05) is 26.7 Å². The summed E-state index contributed by atoms with van der Waals surface area (Å²) < 4.78 is 6.11. The third-order valence-corrected chi connectivity index (χ3v) is 5.91. The second-order valence-corrected chi connectivity index (χ2v) is 8.34. The molecule has 138 valence electrons. The maximum atomic E-state index is 12.7. The van der Waals surface area contributed by atoms with E-state index in [0.29, 0.717) is 31.6 Å². The van der Waals surface area contributed by atoms with Crippen LogP contribution in [0.1, 0.15) is 90.9 Å². The van der Waals surface area contributed by atoms with Crippen molar-refractivity contribution in [3.63, 3.8) is 0 Å². The van der Waals surface area contributed by atoms with E-state index >= 15 is 0 Å². The fraction of sp³-hybridized carbons (Fsp3) is 0.900. The van der Waals surface area contributed by atoms with Crippen molar-refractivity contribution in [3.05, 3.63) is 0 Å². The van der Waals surface area contributed by atoms with Gasteiger partial charge in [-0.05, 0) is 70.1 Å². The van der Waals surface area contributed by atoms with E-state index in [9.17, 15) is 9.59 Å². The third-order valence-electron chi connectivity index (χ3n) is 5.91. The van der Waals surface area contributed by atoms with Gasteiger partial charge in [-0.25, -0.2) is 0 Å². The van der Waals surface area contributed by atoms with Crippen molar-refractivity contribution in [2.75, 3.05) is 0 Å². The van der Waals surface area contributed by atoms with E-state index in [1.54, 1.807) is 0 Å². The van der Waals surface area contributed by atoms with E-state index < -0.39 is 5.97 Å². The molecule has 2 aliphatic rings. The Morgan fingerprint density at radius 3 is 2.17 bits per heavy atom. The fourth-order valence-corrected chi connectivity index (χ4v) is 4.30. The van der Waals surface area contributed by atoms with Crippen LogP contribution in [-0.4, -0.2) is 22.6 Å². The Balaban J connectivity index is 1.88. The van der Waals surface area contributed by atoms with Gasteiger partial charge >= 0.3 is 11.9 Å². The number of rotatable bonds is 7. The van der Waals surface area contributed by atoms with Crippen LogP contribution in [0.5, 0.6) is 0 Å². The molecule has 0 heterocycles. The van der Waals surface area contributed by atoms with Crippen LogP contribution in [0, 0.1) is 17.8 Å². The minimum atomic E-state index is -0.723. The van der Waals surface area contributed by atoms with Crippen molar-refractivity contribution in [1.82, 2.24) is 0 Å². The average Bonchev–Trinajstić information content (AvgIpc) is 2.55. The lowest BCUT2D eigenvalue weighted by Crippen LogP contribution is -2.40. The summed E-state index contributed by atoms with van der Waals surface area (Å²) in [6.07, 6.45) is 11.4. The van der Waals surface area contributed by atoms with Gasteiger partial charge in [0.2, 0.25) is 0 Å². The van der Waals surface area contributed by atoms with Crippen LogP contribution in [0.25, 0.3) is 0 Å². The molecule has 0 aromatic carbocycles. The van der Waals surface area contributed by atoms with Crippen molar-refractivity contribution in [2.45, 2.75) is 96.5 Å². The molecule has 0 unspecified atom stereocenters. The average molecular weight is 338 g/mol. The number of aliphatic carboxylic acids is 1. The van der Waals surface area contributed by atoms with Crippen LogP contribution in [0.2, 0.25) is 0 Å². The molecule has 0 atom stereocenters. The van der Waals surface area contributed by atoms with Crippen LogP contribution in [0.3, 0.4) is 0 Å². The first kappa shape index (κ1) is 19.3. The molecule has 0 amide bonds. The number of carbonyl (C=O) groups is 2. The maximum absolute atomic E-state index is 12.7. The van der Waals surface area contributed by atoms with Gasteiger partial charge in [0.15, 0.2) is 0 Å². The first-order chi connectivity index (χ1) is 11.4. The number of carbonyl (C=O) groups excluding carboxylic acids is 1. The highest BCUT2D eigenvalue weighted by molar-refractivity contribution is 5.74. The lowest BCUT2D eigenvalue weighted by Gasteiger charge is -2.39. The number of hydrogen-bond acceptors (Lipinski definition) is 3. The molecule has 4 heteroatoms. The Morgan fingerprint density at radius 1 is 1.04 bits per heavy atom. The fourth-order valence-electron chi connectivity index (χ4n) is 4.30. The van der Waals surface area contributed by atoms with E-state index in [-0.39, 0.29) is 23.4 Å². The van der Waals surface area contributed by atoms with E-state index in [4.69, 9.17) is 9.84 Å². The molecule has 0 spiro atoms. The van der Waals surface area contributed by atoms with Crippen LogP contribution in [-0.2, 0) is 14.3 Å². The molecule has 0 radical (unpaired) electrons. The Labute approximate surface area is 146 Å². The predicted molar refractivity (Wildman–Crippen MR) is 93.7 cm³/mol. The van der Waals surface area contributed by atoms with Crippen molar-refractivity contribution < 1.29 is 19.4 Å². The Kier molecular flexibility index (Phi) is 7.12. The van der Waals surface area contributed by atoms with E-state index in [0.717, 1.165) is 38.5 Å². The van der Waals surface area contributed by atoms with Gasteiger partial charge in [0.05, 0.1) is 11.8 Å². The first-order valence-corrected chi connectivity index (χ1v) is 9.87. The van der Waals surface area contributed by atoms with E-state index in [2.05, 4.69) is 13.8 Å². The van der Waals surface area contributed by atoms with Gasteiger partial charge in [-0.15, -0.1) is 0 Å². The summed E-state index contributed by atoms with van der Waals surface area (Å²) in [5, 5.41) is 9.09. The van der Waals surface area contributed by atoms with Crippen molar-refractivity contribution >= 4 is 11.9 Å². The summed E-state index contributed by atoms with van der Waals surface area (Å²) in [6.45, 7) is 4.47. The van der Waals surface area contributed by atoms with Crippen LogP contribution in [0.4, 0.5) is 0 Å². The van der Waals surface area contributed by atoms with Gasteiger partial charge in [0.1, 0.15) is 5.60 Å². The number of esters is 1. The van der Waals surface area contributed by atoms with Gasteiger partial charge in [-0.3, -0.25) is 9.59 Å². The summed E-state index contributed by atoms with van der Waals surface area (Å²) >= 11 is 0. The molecule has 2 fully saturated rings. The molecule has 1 N–H and O–H groups in total. The zero-order valence-electron chi connectivity index (χ0n) is 15.4. The highest BCUT2D eigenvalue weighted by atomic mass is 16.6. The third kappa shape index (κ3) is 5.49. The predicted octanol–water partition coefficient (Wildman–Crippen LogP) is 4.95. The second kappa shape index (κ2) is 8.87. The normalized spacial score (nSPS) is 27.0. The molecule has 4 nitrogen and oxygen atoms in total. The lowest BCUT2D eigenvalue weighted by atomic mass is 9.79. The molecule has 0 aliphatic heterocycles. The summed E-state index contributed by atoms with van der Waals surface area (Å²) in [6, 6.07) is 0. The summed E-state index contributed by atoms with van der Waals surface area (Å²) in [5.74, 6) is -0.467. The molecular weight excluding hydrogens is 304 g/mol. The summed E-state index contributed by atoms with van der Waals surface area (Å²) in [5.41, 5.74) is -0.242. The summed E-state index contributed by atoms with van der Waals surface area (Å²) in [7, 11) is 0. The SMILES string of the molecule is CC(C)CCCC1(OC(=O)C2CCC(C(=O)O)CC2)CCCCC1. The van der Waals surface area contributed by atoms with Crippen molar-refractivity contribution in [1.29, 1.82) is 0 Å². The number of carboxylic acid groups (broad SMARTS) is 1. The Bertz CT molecular complexity index is 415. The number of ether oxygens (including phenoxy) is 1. The van der Waals surface area contributed by atoms with Crippen molar-refractivity contribution in [2.24, 2.45) is 17.8 Å². The summed E-state index contributed by atoms with van der Waals surface area (Å²) in [4.78, 5) is 23.7. The topological polar surface area (TPSA) is 63.6 Å². The van der Waals surface area contributed by atoms with E-state index in [1.807, 2.05) is 0 Å². The van der Waals surface area contributed by atoms with Gasteiger partial charge < -0.3 is 9.84 Å². The highest BCUT2D eigenvalue weighted by Gasteiger charge is 2.38. The molecule has 2 saturated carbocycles. The molecule has 2 rings (SSSR count). The molecule has 2 aliphatic carbocycles. The molecular formula is C20H34O4. The lowest BCUT2D eigenvalue weighted by molar-refractivity contribution is -0.172. The van der Waals surface area contributed by atoms with Crippen LogP contribution >= 0.6 is 0 Å². The van der Waals surface area contributed by atoms with Crippen LogP contribution in [0.15, 0.2) is 0 Å². The molecule has 0 aromatic heterocycles. The minimum Gasteiger partial charge on any atom is -0.481 e. The Morgan fingerprint density at radius 2 is 1.62 bits per heavy atom. The van der Waals surface area contributed by atoms with Gasteiger partial charge in [0, 0.05) is 0 Å². The first-order valence-electron chi connectivity index (χ1n) is 9.87. The second-order valence-electron chi connectivity index (χ2n) is 8.34. The van der Waals surface area contributed by atoms with Gasteiger partial charge in [0.25, 0.3) is 0 Å². The quantitative estimate of drug-likeness (QED) is 0.667. The molecule has 0 aromatic rings. The van der Waals surface area contributed by atoms with Crippen LogP contribution < -0.4 is 0 Å². The Hall–Kier alpha value is -1.06. The monoisotopic (exact) mass is 338 g/mol. The van der Waals surface area contributed by atoms with Gasteiger partial charge in [-0.2, -0.15) is 0 Å². The zero-order chi connectivity index (χ0) is 17.6. The number of hydrogen-bond donors (Lipinski definition) is 1. The minimum absolute atomic E-state index is 0.0646. The van der Waals surface area contributed by atoms with Crippen molar-refractivity contribution in [3.8, 4) is 0 Å². The molecule has 0 saturated heterocycles. The largest absolute Gasteiger partial charge is 0.481 e. The molecule has 0 bridgehead atoms. The smallest absolute Gasteiger partial charge is 0.309 e. The maximum Gasteiger partial charge on any atom is 0.309 e. The standard InChI is InChI=1S/C20H34O4/c1-15(2)7-6-14-20(12-4-3-5-13-20)24-19(23)17-10-8-16(9-11-17)18(21)22/h15-17H,3-14H2,1-2H3,(H,21,22). The number of carboxylic acids is 1. The highest BCUT2D eigenvalue weighted by Crippen LogP contribution is 2.38.